The van der Waals surface area contributed by atoms with E-state index in [0.717, 1.165) is 16.3 Å². The van der Waals surface area contributed by atoms with Crippen LogP contribution in [0, 0.1) is 0 Å². The van der Waals surface area contributed by atoms with Crippen LogP contribution in [-0.4, -0.2) is 17.4 Å². The Hall–Kier alpha value is -2.27. The van der Waals surface area contributed by atoms with Gasteiger partial charge in [-0.25, -0.2) is 4.63 Å². The first kappa shape index (κ1) is 12.7. The van der Waals surface area contributed by atoms with Crippen molar-refractivity contribution in [1.82, 2.24) is 10.3 Å². The van der Waals surface area contributed by atoms with E-state index in [9.17, 15) is 0 Å². The van der Waals surface area contributed by atoms with Crippen LogP contribution in [0.3, 0.4) is 0 Å². The van der Waals surface area contributed by atoms with E-state index < -0.39 is 0 Å². The van der Waals surface area contributed by atoms with Crippen LogP contribution in [0.4, 0.5) is 11.4 Å². The highest BCUT2D eigenvalue weighted by Gasteiger charge is 2.14. The summed E-state index contributed by atoms with van der Waals surface area (Å²) in [6, 6.07) is 11.4. The fraction of sp³-hybridized carbons (Fsp3) is 0.143. The summed E-state index contributed by atoms with van der Waals surface area (Å²) < 4.78 is 4.78. The van der Waals surface area contributed by atoms with Gasteiger partial charge in [-0.15, -0.1) is 0 Å². The van der Waals surface area contributed by atoms with Gasteiger partial charge in [0.2, 0.25) is 0 Å². The molecule has 0 spiro atoms. The second-order valence-corrected chi connectivity index (χ2v) is 4.99. The monoisotopic (exact) mass is 288 g/mol. The van der Waals surface area contributed by atoms with Crippen LogP contribution in [0.1, 0.15) is 5.56 Å². The summed E-state index contributed by atoms with van der Waals surface area (Å²) in [6.45, 7) is 0.658. The predicted octanol–water partition coefficient (Wildman–Crippen LogP) is 3.09. The molecule has 0 radical (unpaired) electrons. The standard InChI is InChI=1S/C14H13ClN4O/c1-19(8-9-4-2-3-5-10(9)15)12-7-6-11(16)13-14(12)18-20-17-13/h2-7H,8,16H2,1H3. The third-order valence-corrected chi connectivity index (χ3v) is 3.57. The third kappa shape index (κ3) is 2.16. The summed E-state index contributed by atoms with van der Waals surface area (Å²) in [5.41, 5.74) is 9.56. The Labute approximate surface area is 120 Å². The number of nitrogens with two attached hydrogens (primary N) is 1. The summed E-state index contributed by atoms with van der Waals surface area (Å²) in [7, 11) is 1.96. The number of halogens is 1. The Morgan fingerprint density at radius 1 is 1.15 bits per heavy atom. The highest BCUT2D eigenvalue weighted by atomic mass is 35.5. The number of fused-ring (bicyclic) bond motifs is 1. The average molecular weight is 289 g/mol. The van der Waals surface area contributed by atoms with Crippen LogP contribution in [0.5, 0.6) is 0 Å². The first-order chi connectivity index (χ1) is 9.66. The van der Waals surface area contributed by atoms with Gasteiger partial charge in [0.1, 0.15) is 0 Å². The molecule has 0 unspecified atom stereocenters. The van der Waals surface area contributed by atoms with Crippen molar-refractivity contribution in [3.63, 3.8) is 0 Å². The molecule has 6 heteroatoms. The normalized spacial score (nSPS) is 10.9. The van der Waals surface area contributed by atoms with Crippen LogP contribution in [0.15, 0.2) is 41.0 Å². The molecule has 0 aliphatic heterocycles. The molecule has 0 saturated carbocycles. The molecule has 0 amide bonds. The summed E-state index contributed by atoms with van der Waals surface area (Å²) in [6.07, 6.45) is 0. The molecular formula is C14H13ClN4O. The second-order valence-electron chi connectivity index (χ2n) is 4.58. The van der Waals surface area contributed by atoms with Gasteiger partial charge >= 0.3 is 0 Å². The molecular weight excluding hydrogens is 276 g/mol. The van der Waals surface area contributed by atoms with E-state index in [4.69, 9.17) is 22.0 Å². The first-order valence-corrected chi connectivity index (χ1v) is 6.50. The molecule has 20 heavy (non-hydrogen) atoms. The Morgan fingerprint density at radius 3 is 2.70 bits per heavy atom. The van der Waals surface area contributed by atoms with Gasteiger partial charge in [-0.3, -0.25) is 0 Å². The van der Waals surface area contributed by atoms with Gasteiger partial charge in [-0.05, 0) is 34.1 Å². The van der Waals surface area contributed by atoms with Gasteiger partial charge in [-0.1, -0.05) is 29.8 Å². The van der Waals surface area contributed by atoms with Crippen molar-refractivity contribution in [2.75, 3.05) is 17.7 Å². The third-order valence-electron chi connectivity index (χ3n) is 3.20. The molecule has 3 rings (SSSR count). The molecule has 0 aliphatic carbocycles. The zero-order valence-electron chi connectivity index (χ0n) is 10.9. The molecule has 1 heterocycles. The molecule has 5 nitrogen and oxygen atoms in total. The molecule has 0 aliphatic rings. The van der Waals surface area contributed by atoms with Gasteiger partial charge in [0.25, 0.3) is 0 Å². The Morgan fingerprint density at radius 2 is 1.90 bits per heavy atom. The first-order valence-electron chi connectivity index (χ1n) is 6.12. The molecule has 0 bridgehead atoms. The minimum Gasteiger partial charge on any atom is -0.397 e. The maximum atomic E-state index is 6.18. The lowest BCUT2D eigenvalue weighted by atomic mass is 10.2. The minimum atomic E-state index is 0.552. The van der Waals surface area contributed by atoms with Gasteiger partial charge in [0.05, 0.1) is 11.4 Å². The zero-order valence-corrected chi connectivity index (χ0v) is 11.6. The van der Waals surface area contributed by atoms with Crippen LogP contribution in [0.2, 0.25) is 5.02 Å². The predicted molar refractivity (Wildman–Crippen MR) is 79.8 cm³/mol. The molecule has 1 aromatic heterocycles. The molecule has 3 aromatic rings. The van der Waals surface area contributed by atoms with E-state index in [-0.39, 0.29) is 0 Å². The molecule has 2 N–H and O–H groups in total. The van der Waals surface area contributed by atoms with Crippen molar-refractivity contribution in [1.29, 1.82) is 0 Å². The molecule has 0 fully saturated rings. The maximum absolute atomic E-state index is 6.18. The lowest BCUT2D eigenvalue weighted by Gasteiger charge is -2.20. The number of aromatic nitrogens is 2. The van der Waals surface area contributed by atoms with Crippen molar-refractivity contribution < 1.29 is 4.63 Å². The summed E-state index contributed by atoms with van der Waals surface area (Å²) >= 11 is 6.18. The van der Waals surface area contributed by atoms with Gasteiger partial charge in [0.15, 0.2) is 11.0 Å². The summed E-state index contributed by atoms with van der Waals surface area (Å²) in [5, 5.41) is 8.49. The molecule has 0 saturated heterocycles. The van der Waals surface area contributed by atoms with E-state index in [1.165, 1.54) is 0 Å². The number of hydrogen-bond acceptors (Lipinski definition) is 5. The van der Waals surface area contributed by atoms with Crippen molar-refractivity contribution in [3.8, 4) is 0 Å². The quantitative estimate of drug-likeness (QED) is 0.750. The second kappa shape index (κ2) is 5.02. The SMILES string of the molecule is CN(Cc1ccccc1Cl)c1ccc(N)c2nonc12. The number of anilines is 2. The van der Waals surface area contributed by atoms with E-state index >= 15 is 0 Å². The smallest absolute Gasteiger partial charge is 0.160 e. The maximum Gasteiger partial charge on any atom is 0.160 e. The molecule has 102 valence electrons. The van der Waals surface area contributed by atoms with Crippen molar-refractivity contribution in [2.45, 2.75) is 6.54 Å². The summed E-state index contributed by atoms with van der Waals surface area (Å²) in [4.78, 5) is 2.03. The number of hydrogen-bond donors (Lipinski definition) is 1. The number of benzene rings is 2. The van der Waals surface area contributed by atoms with Crippen molar-refractivity contribution >= 4 is 34.0 Å². The minimum absolute atomic E-state index is 0.552. The number of nitrogen functional groups attached to an aromatic ring is 1. The number of rotatable bonds is 3. The van der Waals surface area contributed by atoms with Crippen molar-refractivity contribution in [2.24, 2.45) is 0 Å². The Kier molecular flexibility index (Phi) is 3.20. The Balaban J connectivity index is 1.97. The van der Waals surface area contributed by atoms with Crippen LogP contribution in [-0.2, 0) is 6.54 Å². The fourth-order valence-corrected chi connectivity index (χ4v) is 2.34. The van der Waals surface area contributed by atoms with Gasteiger partial charge in [0, 0.05) is 18.6 Å². The fourth-order valence-electron chi connectivity index (χ4n) is 2.15. The molecule has 0 atom stereocenters. The van der Waals surface area contributed by atoms with Crippen LogP contribution in [0.25, 0.3) is 11.0 Å². The zero-order chi connectivity index (χ0) is 14.1. The van der Waals surface area contributed by atoms with Gasteiger partial charge in [-0.2, -0.15) is 0 Å². The topological polar surface area (TPSA) is 68.2 Å². The molecule has 2 aromatic carbocycles. The van der Waals surface area contributed by atoms with Crippen LogP contribution >= 0.6 is 11.6 Å². The highest BCUT2D eigenvalue weighted by molar-refractivity contribution is 6.31. The van der Waals surface area contributed by atoms with Crippen molar-refractivity contribution in [3.05, 3.63) is 47.0 Å². The largest absolute Gasteiger partial charge is 0.397 e. The van der Waals surface area contributed by atoms with E-state index in [1.54, 1.807) is 6.07 Å². The lowest BCUT2D eigenvalue weighted by molar-refractivity contribution is 0.315. The average Bonchev–Trinajstić information content (AvgIpc) is 2.92. The van der Waals surface area contributed by atoms with Gasteiger partial charge < -0.3 is 10.6 Å². The van der Waals surface area contributed by atoms with E-state index in [0.29, 0.717) is 23.3 Å². The lowest BCUT2D eigenvalue weighted by Crippen LogP contribution is -2.17. The van der Waals surface area contributed by atoms with Crippen LogP contribution < -0.4 is 10.6 Å². The highest BCUT2D eigenvalue weighted by Crippen LogP contribution is 2.29. The Bertz CT molecular complexity index is 756. The van der Waals surface area contributed by atoms with E-state index in [1.807, 2.05) is 42.3 Å². The summed E-state index contributed by atoms with van der Waals surface area (Å²) in [5.74, 6) is 0. The number of nitrogens with zero attached hydrogens (tertiary/aromatic N) is 3. The van der Waals surface area contributed by atoms with E-state index in [2.05, 4.69) is 10.3 Å².